The van der Waals surface area contributed by atoms with E-state index in [0.29, 0.717) is 0 Å². The van der Waals surface area contributed by atoms with Gasteiger partial charge in [0, 0.05) is 20.1 Å². The summed E-state index contributed by atoms with van der Waals surface area (Å²) in [6, 6.07) is 0. The van der Waals surface area contributed by atoms with Gasteiger partial charge in [-0.2, -0.15) is 0 Å². The van der Waals surface area contributed by atoms with Crippen LogP contribution >= 0.6 is 0 Å². The van der Waals surface area contributed by atoms with Crippen molar-refractivity contribution in [2.24, 2.45) is 11.8 Å². The highest BCUT2D eigenvalue weighted by Crippen LogP contribution is 2.38. The molecule has 0 saturated heterocycles. The Hall–Kier alpha value is -0.913. The van der Waals surface area contributed by atoms with Crippen LogP contribution in [0.15, 0.2) is 0 Å². The summed E-state index contributed by atoms with van der Waals surface area (Å²) >= 11 is 0. The van der Waals surface area contributed by atoms with Gasteiger partial charge in [-0.3, -0.25) is 9.63 Å². The molecule has 6 nitrogen and oxygen atoms in total. The summed E-state index contributed by atoms with van der Waals surface area (Å²) in [6.45, 7) is 16.7. The fourth-order valence-corrected chi connectivity index (χ4v) is 3.75. The van der Waals surface area contributed by atoms with Gasteiger partial charge in [-0.1, -0.05) is 40.5 Å². The van der Waals surface area contributed by atoms with Crippen LogP contribution in [0.25, 0.3) is 0 Å². The van der Waals surface area contributed by atoms with E-state index in [9.17, 15) is 4.79 Å². The lowest BCUT2D eigenvalue weighted by Crippen LogP contribution is -2.49. The van der Waals surface area contributed by atoms with E-state index in [4.69, 9.17) is 18.7 Å². The molecule has 0 radical (unpaired) electrons. The van der Waals surface area contributed by atoms with Gasteiger partial charge in [0.05, 0.1) is 19.1 Å². The number of nitrogens with zero attached hydrogens (tertiary/aromatic N) is 1. The van der Waals surface area contributed by atoms with Gasteiger partial charge in [0.1, 0.15) is 12.9 Å². The molecule has 7 heteroatoms. The van der Waals surface area contributed by atoms with Gasteiger partial charge in [-0.05, 0) is 25.1 Å². The zero-order valence-corrected chi connectivity index (χ0v) is 20.0. The Morgan fingerprint density at radius 3 is 2.15 bits per heavy atom. The molecule has 0 bridgehead atoms. The molecule has 4 atom stereocenters. The third-order valence-corrected chi connectivity index (χ3v) is 9.81. The molecule has 0 rings (SSSR count). The first kappa shape index (κ1) is 26.1. The first-order valence-electron chi connectivity index (χ1n) is 9.36. The second kappa shape index (κ2) is 11.2. The summed E-state index contributed by atoms with van der Waals surface area (Å²) in [5.41, 5.74) is 0. The molecular weight excluding hydrogens is 362 g/mol. The molecule has 0 aliphatic heterocycles. The van der Waals surface area contributed by atoms with Crippen molar-refractivity contribution in [3.05, 3.63) is 0 Å². The van der Waals surface area contributed by atoms with Gasteiger partial charge in [0.2, 0.25) is 0 Å². The molecule has 0 aromatic carbocycles. The van der Waals surface area contributed by atoms with Crippen molar-refractivity contribution in [1.29, 1.82) is 0 Å². The second-order valence-electron chi connectivity index (χ2n) is 8.40. The fraction of sp³-hybridized carbons (Fsp3) is 0.850. The highest BCUT2D eigenvalue weighted by molar-refractivity contribution is 6.74. The molecule has 0 aliphatic carbocycles. The quantitative estimate of drug-likeness (QED) is 0.242. The average Bonchev–Trinajstić information content (AvgIpc) is 2.58. The van der Waals surface area contributed by atoms with E-state index in [-0.39, 0.29) is 29.8 Å². The summed E-state index contributed by atoms with van der Waals surface area (Å²) in [6.07, 6.45) is -0.758. The standard InChI is InChI=1S/C20H39NO5Si/c1-12-13-17(26-27(10,11)20(4,5)6)15(2)18(25-14-23-8)16(3)19(22)21(7)24-9/h15-18H,14H2,1-11H3/t15-,16+,17+,18-/m1/s1. The largest absolute Gasteiger partial charge is 0.403 e. The zero-order valence-electron chi connectivity index (χ0n) is 19.0. The van der Waals surface area contributed by atoms with Crippen LogP contribution in [0.5, 0.6) is 0 Å². The Morgan fingerprint density at radius 2 is 1.74 bits per heavy atom. The molecule has 0 spiro atoms. The lowest BCUT2D eigenvalue weighted by molar-refractivity contribution is -0.184. The van der Waals surface area contributed by atoms with E-state index in [2.05, 4.69) is 45.7 Å². The number of rotatable bonds is 10. The summed E-state index contributed by atoms with van der Waals surface area (Å²) in [5.74, 6) is 5.43. The van der Waals surface area contributed by atoms with E-state index in [0.717, 1.165) is 0 Å². The Bertz CT molecular complexity index is 521. The van der Waals surface area contributed by atoms with E-state index >= 15 is 0 Å². The Labute approximate surface area is 167 Å². The Balaban J connectivity index is 5.70. The maximum absolute atomic E-state index is 12.6. The van der Waals surface area contributed by atoms with Crippen LogP contribution in [0.2, 0.25) is 18.1 Å². The second-order valence-corrected chi connectivity index (χ2v) is 13.2. The van der Waals surface area contributed by atoms with Gasteiger partial charge in [-0.25, -0.2) is 5.06 Å². The molecule has 0 aromatic heterocycles. The van der Waals surface area contributed by atoms with E-state index in [1.807, 2.05) is 13.8 Å². The molecular formula is C20H39NO5Si. The van der Waals surface area contributed by atoms with E-state index in [1.54, 1.807) is 21.1 Å². The molecule has 158 valence electrons. The Kier molecular flexibility index (Phi) is 10.8. The normalized spacial score (nSPS) is 16.7. The first-order chi connectivity index (χ1) is 12.3. The lowest BCUT2D eigenvalue weighted by Gasteiger charge is -2.41. The average molecular weight is 402 g/mol. The monoisotopic (exact) mass is 401 g/mol. The van der Waals surface area contributed by atoms with Gasteiger partial charge in [-0.15, -0.1) is 5.92 Å². The maximum atomic E-state index is 12.6. The van der Waals surface area contributed by atoms with Crippen molar-refractivity contribution >= 4 is 14.2 Å². The number of hydroxylamine groups is 2. The minimum absolute atomic E-state index is 0.0565. The molecule has 0 heterocycles. The smallest absolute Gasteiger partial charge is 0.251 e. The van der Waals surface area contributed by atoms with E-state index in [1.165, 1.54) is 12.2 Å². The molecule has 0 aromatic rings. The van der Waals surface area contributed by atoms with Gasteiger partial charge < -0.3 is 13.9 Å². The number of methoxy groups -OCH3 is 1. The number of amides is 1. The van der Waals surface area contributed by atoms with E-state index < -0.39 is 20.3 Å². The van der Waals surface area contributed by atoms with Gasteiger partial charge in [0.15, 0.2) is 8.32 Å². The minimum atomic E-state index is -2.05. The molecule has 0 N–H and O–H groups in total. The topological polar surface area (TPSA) is 57.2 Å². The molecule has 1 amide bonds. The summed E-state index contributed by atoms with van der Waals surface area (Å²) in [4.78, 5) is 17.7. The van der Waals surface area contributed by atoms with Crippen LogP contribution in [-0.4, -0.2) is 59.6 Å². The predicted octanol–water partition coefficient (Wildman–Crippen LogP) is 3.68. The van der Waals surface area contributed by atoms with Crippen molar-refractivity contribution in [1.82, 2.24) is 5.06 Å². The summed E-state index contributed by atoms with van der Waals surface area (Å²) in [5, 5.41) is 1.27. The fourth-order valence-electron chi connectivity index (χ4n) is 2.49. The third kappa shape index (κ3) is 7.55. The lowest BCUT2D eigenvalue weighted by atomic mass is 9.88. The first-order valence-corrected chi connectivity index (χ1v) is 12.3. The number of ether oxygens (including phenoxy) is 2. The van der Waals surface area contributed by atoms with Crippen LogP contribution in [0, 0.1) is 23.7 Å². The molecule has 27 heavy (non-hydrogen) atoms. The SMILES string of the molecule is CC#C[C@H](O[Si](C)(C)C(C)(C)C)[C@@H](C)[C@@H](OCOC)[C@H](C)C(=O)N(C)OC. The van der Waals surface area contributed by atoms with Crippen LogP contribution in [0.4, 0.5) is 0 Å². The van der Waals surface area contributed by atoms with Crippen molar-refractivity contribution in [2.45, 2.75) is 71.9 Å². The van der Waals surface area contributed by atoms with Crippen LogP contribution in [0.1, 0.15) is 41.5 Å². The van der Waals surface area contributed by atoms with Crippen molar-refractivity contribution in [3.63, 3.8) is 0 Å². The number of carbonyl (C=O) groups is 1. The number of hydrogen-bond donors (Lipinski definition) is 0. The van der Waals surface area contributed by atoms with Crippen molar-refractivity contribution in [3.8, 4) is 11.8 Å². The third-order valence-electron chi connectivity index (χ3n) is 5.36. The molecule has 0 aliphatic rings. The molecule has 0 saturated carbocycles. The summed E-state index contributed by atoms with van der Waals surface area (Å²) in [7, 11) is 2.57. The summed E-state index contributed by atoms with van der Waals surface area (Å²) < 4.78 is 17.6. The maximum Gasteiger partial charge on any atom is 0.251 e. The molecule has 0 fully saturated rings. The predicted molar refractivity (Wildman–Crippen MR) is 110 cm³/mol. The van der Waals surface area contributed by atoms with Gasteiger partial charge in [0.25, 0.3) is 5.91 Å². The number of hydrogen-bond acceptors (Lipinski definition) is 5. The Morgan fingerprint density at radius 1 is 1.19 bits per heavy atom. The molecule has 0 unspecified atom stereocenters. The number of carbonyl (C=O) groups excluding carboxylic acids is 1. The van der Waals surface area contributed by atoms with Crippen molar-refractivity contribution < 1.29 is 23.5 Å². The van der Waals surface area contributed by atoms with Gasteiger partial charge >= 0.3 is 0 Å². The van der Waals surface area contributed by atoms with Crippen LogP contribution in [-0.2, 0) is 23.5 Å². The minimum Gasteiger partial charge on any atom is -0.403 e. The highest BCUT2D eigenvalue weighted by Gasteiger charge is 2.42. The zero-order chi connectivity index (χ0) is 21.4. The highest BCUT2D eigenvalue weighted by atomic mass is 28.4. The van der Waals surface area contributed by atoms with Crippen LogP contribution in [0.3, 0.4) is 0 Å². The van der Waals surface area contributed by atoms with Crippen LogP contribution < -0.4 is 0 Å². The van der Waals surface area contributed by atoms with Crippen molar-refractivity contribution in [2.75, 3.05) is 28.1 Å².